The van der Waals surface area contributed by atoms with E-state index >= 15 is 0 Å². The third kappa shape index (κ3) is 7.09. The molecule has 16 heavy (non-hydrogen) atoms. The molecule has 0 aromatic heterocycles. The molecular formula is C11H24N2O2S. The number of nitrogens with two attached hydrogens (primary N) is 1. The molecule has 0 saturated carbocycles. The molecule has 4 N–H and O–H groups in total. The fraction of sp³-hybridized carbons (Fsp3) is 0.909. The van der Waals surface area contributed by atoms with E-state index in [1.807, 2.05) is 20.1 Å². The molecule has 0 aliphatic heterocycles. The lowest BCUT2D eigenvalue weighted by Gasteiger charge is -2.24. The van der Waals surface area contributed by atoms with E-state index in [0.717, 1.165) is 5.75 Å². The first-order valence-electron chi connectivity index (χ1n) is 5.56. The zero-order chi connectivity index (χ0) is 12.6. The molecular weight excluding hydrogens is 224 g/mol. The highest BCUT2D eigenvalue weighted by atomic mass is 32.2. The maximum atomic E-state index is 11.6. The third-order valence-corrected chi connectivity index (χ3v) is 3.14. The Labute approximate surface area is 102 Å². The normalized spacial score (nSPS) is 13.6. The third-order valence-electron chi connectivity index (χ3n) is 2.50. The lowest BCUT2D eigenvalue weighted by molar-refractivity contribution is -0.122. The van der Waals surface area contributed by atoms with E-state index in [4.69, 9.17) is 10.8 Å². The smallest absolute Gasteiger partial charge is 0.236 e. The summed E-state index contributed by atoms with van der Waals surface area (Å²) >= 11 is 1.69. The Morgan fingerprint density at radius 1 is 1.56 bits per heavy atom. The van der Waals surface area contributed by atoms with Crippen molar-refractivity contribution in [2.75, 3.05) is 25.2 Å². The van der Waals surface area contributed by atoms with Crippen molar-refractivity contribution in [3.8, 4) is 0 Å². The van der Waals surface area contributed by atoms with Crippen LogP contribution in [0.1, 0.15) is 26.7 Å². The molecule has 4 nitrogen and oxygen atoms in total. The van der Waals surface area contributed by atoms with Crippen LogP contribution in [0.3, 0.4) is 0 Å². The molecule has 0 aliphatic carbocycles. The van der Waals surface area contributed by atoms with Crippen LogP contribution in [0.15, 0.2) is 0 Å². The first-order valence-corrected chi connectivity index (χ1v) is 6.95. The van der Waals surface area contributed by atoms with E-state index in [1.165, 1.54) is 0 Å². The SMILES string of the molecule is CSCC[C@@H](N)C(=O)NCC(C)(C)CCO. The van der Waals surface area contributed by atoms with Crippen LogP contribution in [-0.2, 0) is 4.79 Å². The van der Waals surface area contributed by atoms with Gasteiger partial charge in [-0.15, -0.1) is 0 Å². The second kappa shape index (κ2) is 7.92. The lowest BCUT2D eigenvalue weighted by atomic mass is 9.89. The minimum Gasteiger partial charge on any atom is -0.396 e. The molecule has 1 atom stereocenters. The van der Waals surface area contributed by atoms with Gasteiger partial charge < -0.3 is 16.2 Å². The minimum absolute atomic E-state index is 0.0797. The highest BCUT2D eigenvalue weighted by Gasteiger charge is 2.20. The zero-order valence-corrected chi connectivity index (χ0v) is 11.3. The van der Waals surface area contributed by atoms with Crippen LogP contribution in [0.5, 0.6) is 0 Å². The maximum absolute atomic E-state index is 11.6. The molecule has 0 fully saturated rings. The fourth-order valence-corrected chi connectivity index (χ4v) is 1.71. The number of aliphatic hydroxyl groups excluding tert-OH is 1. The molecule has 0 aromatic rings. The number of rotatable bonds is 8. The Morgan fingerprint density at radius 2 is 2.19 bits per heavy atom. The summed E-state index contributed by atoms with van der Waals surface area (Å²) in [6, 6.07) is -0.419. The lowest BCUT2D eigenvalue weighted by Crippen LogP contribution is -2.44. The van der Waals surface area contributed by atoms with E-state index in [-0.39, 0.29) is 17.9 Å². The molecule has 0 heterocycles. The number of hydrogen-bond acceptors (Lipinski definition) is 4. The zero-order valence-electron chi connectivity index (χ0n) is 10.5. The van der Waals surface area contributed by atoms with E-state index in [1.54, 1.807) is 11.8 Å². The fourth-order valence-electron chi connectivity index (χ4n) is 1.22. The first kappa shape index (κ1) is 15.7. The van der Waals surface area contributed by atoms with Gasteiger partial charge in [-0.1, -0.05) is 13.8 Å². The number of carbonyl (C=O) groups is 1. The van der Waals surface area contributed by atoms with Gasteiger partial charge in [0, 0.05) is 13.2 Å². The quantitative estimate of drug-likeness (QED) is 0.588. The number of aliphatic hydroxyl groups is 1. The van der Waals surface area contributed by atoms with Gasteiger partial charge in [0.2, 0.25) is 5.91 Å². The summed E-state index contributed by atoms with van der Waals surface area (Å²) in [6.07, 6.45) is 3.37. The van der Waals surface area contributed by atoms with Crippen LogP contribution in [-0.4, -0.2) is 42.2 Å². The molecule has 0 aliphatic rings. The van der Waals surface area contributed by atoms with Crippen molar-refractivity contribution in [2.45, 2.75) is 32.7 Å². The summed E-state index contributed by atoms with van der Waals surface area (Å²) in [5.41, 5.74) is 5.65. The molecule has 1 amide bonds. The molecule has 5 heteroatoms. The number of hydrogen-bond donors (Lipinski definition) is 3. The first-order chi connectivity index (χ1) is 7.43. The predicted octanol–water partition coefficient (Wildman–Crippen LogP) is 0.592. The van der Waals surface area contributed by atoms with E-state index in [2.05, 4.69) is 5.32 Å². The summed E-state index contributed by atoms with van der Waals surface area (Å²) in [4.78, 5) is 11.6. The molecule has 0 saturated heterocycles. The van der Waals surface area contributed by atoms with Crippen molar-refractivity contribution in [1.82, 2.24) is 5.32 Å². The average Bonchev–Trinajstić information content (AvgIpc) is 2.22. The average molecular weight is 248 g/mol. The van der Waals surface area contributed by atoms with Gasteiger partial charge in [0.25, 0.3) is 0 Å². The van der Waals surface area contributed by atoms with Gasteiger partial charge in [-0.3, -0.25) is 4.79 Å². The summed E-state index contributed by atoms with van der Waals surface area (Å²) in [5, 5.41) is 11.7. The van der Waals surface area contributed by atoms with E-state index in [0.29, 0.717) is 19.4 Å². The number of carbonyl (C=O) groups excluding carboxylic acids is 1. The minimum atomic E-state index is -0.419. The Bertz CT molecular complexity index is 210. The highest BCUT2D eigenvalue weighted by molar-refractivity contribution is 7.98. The standard InChI is InChI=1S/C11H24N2O2S/c1-11(2,5-6-14)8-13-10(15)9(12)4-7-16-3/h9,14H,4-8,12H2,1-3H3,(H,13,15)/t9-/m1/s1. The van der Waals surface area contributed by atoms with Gasteiger partial charge >= 0.3 is 0 Å². The van der Waals surface area contributed by atoms with Gasteiger partial charge in [0.05, 0.1) is 6.04 Å². The van der Waals surface area contributed by atoms with Crippen LogP contribution in [0.25, 0.3) is 0 Å². The Balaban J connectivity index is 3.87. The van der Waals surface area contributed by atoms with Crippen molar-refractivity contribution in [3.63, 3.8) is 0 Å². The number of nitrogens with one attached hydrogen (secondary N) is 1. The van der Waals surface area contributed by atoms with Crippen molar-refractivity contribution < 1.29 is 9.90 Å². The summed E-state index contributed by atoms with van der Waals surface area (Å²) in [5.74, 6) is 0.800. The number of amides is 1. The van der Waals surface area contributed by atoms with Gasteiger partial charge in [0.1, 0.15) is 0 Å². The summed E-state index contributed by atoms with van der Waals surface area (Å²) in [6.45, 7) is 4.72. The van der Waals surface area contributed by atoms with Crippen molar-refractivity contribution in [2.24, 2.45) is 11.1 Å². The Kier molecular flexibility index (Phi) is 7.80. The summed E-state index contributed by atoms with van der Waals surface area (Å²) < 4.78 is 0. The van der Waals surface area contributed by atoms with Crippen LogP contribution in [0.2, 0.25) is 0 Å². The van der Waals surface area contributed by atoms with Gasteiger partial charge in [-0.05, 0) is 30.3 Å². The molecule has 0 unspecified atom stereocenters. The molecule has 0 bridgehead atoms. The van der Waals surface area contributed by atoms with Gasteiger partial charge in [-0.2, -0.15) is 11.8 Å². The topological polar surface area (TPSA) is 75.4 Å². The molecule has 0 radical (unpaired) electrons. The van der Waals surface area contributed by atoms with Crippen molar-refractivity contribution in [3.05, 3.63) is 0 Å². The monoisotopic (exact) mass is 248 g/mol. The molecule has 0 aromatic carbocycles. The maximum Gasteiger partial charge on any atom is 0.236 e. The van der Waals surface area contributed by atoms with Crippen LogP contribution in [0, 0.1) is 5.41 Å². The van der Waals surface area contributed by atoms with Crippen LogP contribution >= 0.6 is 11.8 Å². The second-order valence-electron chi connectivity index (χ2n) is 4.74. The predicted molar refractivity (Wildman–Crippen MR) is 69.5 cm³/mol. The van der Waals surface area contributed by atoms with E-state index in [9.17, 15) is 4.79 Å². The van der Waals surface area contributed by atoms with E-state index < -0.39 is 6.04 Å². The van der Waals surface area contributed by atoms with Crippen LogP contribution < -0.4 is 11.1 Å². The highest BCUT2D eigenvalue weighted by Crippen LogP contribution is 2.17. The Hall–Kier alpha value is -0.260. The molecule has 96 valence electrons. The largest absolute Gasteiger partial charge is 0.396 e. The molecule has 0 rings (SSSR count). The number of thioether (sulfide) groups is 1. The van der Waals surface area contributed by atoms with Gasteiger partial charge in [-0.25, -0.2) is 0 Å². The van der Waals surface area contributed by atoms with Crippen molar-refractivity contribution >= 4 is 17.7 Å². The second-order valence-corrected chi connectivity index (χ2v) is 5.73. The van der Waals surface area contributed by atoms with Crippen molar-refractivity contribution in [1.29, 1.82) is 0 Å². The molecule has 0 spiro atoms. The summed E-state index contributed by atoms with van der Waals surface area (Å²) in [7, 11) is 0. The Morgan fingerprint density at radius 3 is 2.69 bits per heavy atom. The van der Waals surface area contributed by atoms with Crippen LogP contribution in [0.4, 0.5) is 0 Å². The van der Waals surface area contributed by atoms with Gasteiger partial charge in [0.15, 0.2) is 0 Å².